The average Bonchev–Trinajstić information content (AvgIpc) is 3.30. The van der Waals surface area contributed by atoms with Gasteiger partial charge in [-0.1, -0.05) is 0 Å². The van der Waals surface area contributed by atoms with E-state index >= 15 is 0 Å². The molecule has 0 aromatic carbocycles. The molecule has 0 unspecified atom stereocenters. The highest BCUT2D eigenvalue weighted by molar-refractivity contribution is 6.05. The number of aromatic amines is 1. The van der Waals surface area contributed by atoms with Crippen molar-refractivity contribution >= 4 is 16.9 Å². The van der Waals surface area contributed by atoms with E-state index in [1.54, 1.807) is 24.8 Å². The molecule has 0 saturated carbocycles. The van der Waals surface area contributed by atoms with Gasteiger partial charge in [-0.2, -0.15) is 0 Å². The molecule has 3 N–H and O–H groups in total. The molecule has 3 aromatic heterocycles. The van der Waals surface area contributed by atoms with Crippen LogP contribution in [0.5, 0.6) is 5.75 Å². The SMILES string of the molecule is O=C(NCc1ccncc1O[C@H]1CCNC1)c1c[nH]c2ncccc12. The van der Waals surface area contributed by atoms with Crippen molar-refractivity contribution in [1.82, 2.24) is 25.6 Å². The Labute approximate surface area is 144 Å². The molecule has 1 atom stereocenters. The minimum absolute atomic E-state index is 0.149. The van der Waals surface area contributed by atoms with Crippen LogP contribution in [0.15, 0.2) is 43.0 Å². The summed E-state index contributed by atoms with van der Waals surface area (Å²) in [5, 5.41) is 7.03. The molecular formula is C18H19N5O2. The van der Waals surface area contributed by atoms with Gasteiger partial charge in [0.1, 0.15) is 17.5 Å². The summed E-state index contributed by atoms with van der Waals surface area (Å²) in [6.07, 6.45) is 7.91. The zero-order valence-electron chi connectivity index (χ0n) is 13.7. The Bertz CT molecular complexity index is 886. The zero-order valence-corrected chi connectivity index (χ0v) is 13.7. The Morgan fingerprint density at radius 2 is 2.32 bits per heavy atom. The Kier molecular flexibility index (Phi) is 4.30. The second-order valence-corrected chi connectivity index (χ2v) is 6.00. The number of pyridine rings is 2. The molecule has 4 heterocycles. The van der Waals surface area contributed by atoms with E-state index in [9.17, 15) is 4.79 Å². The number of carbonyl (C=O) groups excluding carboxylic acids is 1. The molecule has 0 radical (unpaired) electrons. The summed E-state index contributed by atoms with van der Waals surface area (Å²) in [6, 6.07) is 5.56. The van der Waals surface area contributed by atoms with Gasteiger partial charge in [0.2, 0.25) is 0 Å². The van der Waals surface area contributed by atoms with Gasteiger partial charge in [0.15, 0.2) is 0 Å². The zero-order chi connectivity index (χ0) is 17.1. The van der Waals surface area contributed by atoms with Gasteiger partial charge in [-0.05, 0) is 31.2 Å². The van der Waals surface area contributed by atoms with E-state index in [1.807, 2.05) is 18.2 Å². The van der Waals surface area contributed by atoms with Crippen LogP contribution in [0.2, 0.25) is 0 Å². The monoisotopic (exact) mass is 337 g/mol. The second-order valence-electron chi connectivity index (χ2n) is 6.00. The lowest BCUT2D eigenvalue weighted by Gasteiger charge is -2.15. The number of nitrogens with one attached hydrogen (secondary N) is 3. The summed E-state index contributed by atoms with van der Waals surface area (Å²) in [7, 11) is 0. The van der Waals surface area contributed by atoms with Crippen molar-refractivity contribution in [3.63, 3.8) is 0 Å². The van der Waals surface area contributed by atoms with Crippen LogP contribution in [-0.2, 0) is 6.54 Å². The van der Waals surface area contributed by atoms with Crippen LogP contribution in [0.1, 0.15) is 22.3 Å². The molecule has 0 spiro atoms. The predicted molar refractivity (Wildman–Crippen MR) is 93.4 cm³/mol. The number of hydrogen-bond acceptors (Lipinski definition) is 5. The molecule has 7 heteroatoms. The van der Waals surface area contributed by atoms with Gasteiger partial charge in [0, 0.05) is 42.6 Å². The van der Waals surface area contributed by atoms with E-state index in [0.29, 0.717) is 17.8 Å². The number of ether oxygens (including phenoxy) is 1. The lowest BCUT2D eigenvalue weighted by molar-refractivity contribution is 0.0952. The summed E-state index contributed by atoms with van der Waals surface area (Å²) < 4.78 is 6.01. The Morgan fingerprint density at radius 1 is 1.36 bits per heavy atom. The maximum Gasteiger partial charge on any atom is 0.253 e. The van der Waals surface area contributed by atoms with E-state index in [2.05, 4.69) is 25.6 Å². The molecule has 7 nitrogen and oxygen atoms in total. The van der Waals surface area contributed by atoms with Crippen LogP contribution in [0, 0.1) is 0 Å². The number of H-pyrrole nitrogens is 1. The highest BCUT2D eigenvalue weighted by Gasteiger charge is 2.18. The quantitative estimate of drug-likeness (QED) is 0.658. The van der Waals surface area contributed by atoms with Crippen LogP contribution in [0.25, 0.3) is 11.0 Å². The van der Waals surface area contributed by atoms with Crippen LogP contribution < -0.4 is 15.4 Å². The van der Waals surface area contributed by atoms with Crippen LogP contribution >= 0.6 is 0 Å². The van der Waals surface area contributed by atoms with Gasteiger partial charge in [-0.25, -0.2) is 4.98 Å². The number of fused-ring (bicyclic) bond motifs is 1. The van der Waals surface area contributed by atoms with Crippen LogP contribution in [0.4, 0.5) is 0 Å². The molecule has 128 valence electrons. The van der Waals surface area contributed by atoms with Crippen molar-refractivity contribution in [3.8, 4) is 5.75 Å². The fourth-order valence-corrected chi connectivity index (χ4v) is 2.98. The predicted octanol–water partition coefficient (Wildman–Crippen LogP) is 1.63. The minimum Gasteiger partial charge on any atom is -0.487 e. The first-order valence-electron chi connectivity index (χ1n) is 8.32. The molecule has 1 amide bonds. The summed E-state index contributed by atoms with van der Waals surface area (Å²) in [4.78, 5) is 23.9. The van der Waals surface area contributed by atoms with Gasteiger partial charge in [0.05, 0.1) is 11.8 Å². The number of aromatic nitrogens is 3. The molecule has 1 saturated heterocycles. The molecular weight excluding hydrogens is 318 g/mol. The number of nitrogens with zero attached hydrogens (tertiary/aromatic N) is 2. The van der Waals surface area contributed by atoms with E-state index in [1.165, 1.54) is 0 Å². The third-order valence-electron chi connectivity index (χ3n) is 4.31. The smallest absolute Gasteiger partial charge is 0.253 e. The van der Waals surface area contributed by atoms with Crippen LogP contribution in [0.3, 0.4) is 0 Å². The Balaban J connectivity index is 1.46. The third kappa shape index (κ3) is 3.32. The number of rotatable bonds is 5. The average molecular weight is 337 g/mol. The van der Waals surface area contributed by atoms with Gasteiger partial charge in [-0.3, -0.25) is 9.78 Å². The first-order chi connectivity index (χ1) is 12.3. The molecule has 3 aromatic rings. The fourth-order valence-electron chi connectivity index (χ4n) is 2.98. The molecule has 25 heavy (non-hydrogen) atoms. The lowest BCUT2D eigenvalue weighted by Crippen LogP contribution is -2.24. The van der Waals surface area contributed by atoms with Gasteiger partial charge in [-0.15, -0.1) is 0 Å². The Hall–Kier alpha value is -2.93. The second kappa shape index (κ2) is 6.90. The van der Waals surface area contributed by atoms with E-state index in [4.69, 9.17) is 4.74 Å². The van der Waals surface area contributed by atoms with Crippen LogP contribution in [-0.4, -0.2) is 40.1 Å². The number of hydrogen-bond donors (Lipinski definition) is 3. The molecule has 0 aliphatic carbocycles. The summed E-state index contributed by atoms with van der Waals surface area (Å²) >= 11 is 0. The maximum absolute atomic E-state index is 12.5. The fraction of sp³-hybridized carbons (Fsp3) is 0.278. The number of carbonyl (C=O) groups is 1. The van der Waals surface area contributed by atoms with Crippen molar-refractivity contribution in [2.45, 2.75) is 19.1 Å². The van der Waals surface area contributed by atoms with E-state index < -0.39 is 0 Å². The van der Waals surface area contributed by atoms with Gasteiger partial charge >= 0.3 is 0 Å². The lowest BCUT2D eigenvalue weighted by atomic mass is 10.2. The molecule has 1 fully saturated rings. The first kappa shape index (κ1) is 15.6. The van der Waals surface area contributed by atoms with Crippen molar-refractivity contribution < 1.29 is 9.53 Å². The van der Waals surface area contributed by atoms with Crippen molar-refractivity contribution in [3.05, 3.63) is 54.1 Å². The highest BCUT2D eigenvalue weighted by atomic mass is 16.5. The number of amides is 1. The van der Waals surface area contributed by atoms with E-state index in [-0.39, 0.29) is 12.0 Å². The van der Waals surface area contributed by atoms with Crippen molar-refractivity contribution in [2.75, 3.05) is 13.1 Å². The molecule has 4 rings (SSSR count). The first-order valence-corrected chi connectivity index (χ1v) is 8.32. The topological polar surface area (TPSA) is 91.9 Å². The van der Waals surface area contributed by atoms with Crippen molar-refractivity contribution in [1.29, 1.82) is 0 Å². The molecule has 0 bridgehead atoms. The molecule has 1 aliphatic rings. The highest BCUT2D eigenvalue weighted by Crippen LogP contribution is 2.20. The summed E-state index contributed by atoms with van der Waals surface area (Å²) in [6.45, 7) is 2.18. The normalized spacial score (nSPS) is 16.9. The largest absolute Gasteiger partial charge is 0.487 e. The third-order valence-corrected chi connectivity index (χ3v) is 4.31. The summed E-state index contributed by atoms with van der Waals surface area (Å²) in [5.41, 5.74) is 2.20. The maximum atomic E-state index is 12.5. The van der Waals surface area contributed by atoms with Gasteiger partial charge < -0.3 is 20.4 Å². The summed E-state index contributed by atoms with van der Waals surface area (Å²) in [5.74, 6) is 0.571. The van der Waals surface area contributed by atoms with Crippen molar-refractivity contribution in [2.24, 2.45) is 0 Å². The van der Waals surface area contributed by atoms with E-state index in [0.717, 1.165) is 36.2 Å². The Morgan fingerprint density at radius 3 is 3.20 bits per heavy atom. The van der Waals surface area contributed by atoms with Gasteiger partial charge in [0.25, 0.3) is 5.91 Å². The minimum atomic E-state index is -0.149. The standard InChI is InChI=1S/C18H19N5O2/c24-18(15-10-22-17-14(15)2-1-5-21-17)23-8-12-3-6-20-11-16(12)25-13-4-7-19-9-13/h1-3,5-6,10-11,13,19H,4,7-9H2,(H,21,22)(H,23,24)/t13-/m0/s1. The molecule has 1 aliphatic heterocycles.